The maximum Gasteiger partial charge on any atom is 0.186 e. The summed E-state index contributed by atoms with van der Waals surface area (Å²) in [6.45, 7) is 4.17. The van der Waals surface area contributed by atoms with Crippen LogP contribution in [-0.4, -0.2) is 19.9 Å². The first-order valence-electron chi connectivity index (χ1n) is 6.90. The maximum atomic E-state index is 12.7. The molecule has 0 amide bonds. The molecule has 2 N–H and O–H groups in total. The maximum absolute atomic E-state index is 12.7. The molecule has 0 spiro atoms. The molecule has 21 heavy (non-hydrogen) atoms. The highest BCUT2D eigenvalue weighted by Crippen LogP contribution is 2.28. The van der Waals surface area contributed by atoms with Gasteiger partial charge in [0.15, 0.2) is 9.84 Å². The van der Waals surface area contributed by atoms with Gasteiger partial charge >= 0.3 is 0 Å². The van der Waals surface area contributed by atoms with Crippen LogP contribution in [0, 0.1) is 0 Å². The fraction of sp³-hybridized carbons (Fsp3) is 0.312. The summed E-state index contributed by atoms with van der Waals surface area (Å²) in [7, 11) is -3.51. The Balaban J connectivity index is 2.40. The highest BCUT2D eigenvalue weighted by molar-refractivity contribution is 7.91. The van der Waals surface area contributed by atoms with Crippen LogP contribution in [0.4, 0.5) is 0 Å². The Kier molecular flexibility index (Phi) is 4.75. The van der Waals surface area contributed by atoms with E-state index in [-0.39, 0.29) is 6.54 Å². The lowest BCUT2D eigenvalue weighted by molar-refractivity contribution is 0.582. The van der Waals surface area contributed by atoms with Gasteiger partial charge in [-0.05, 0) is 35.2 Å². The van der Waals surface area contributed by atoms with Crippen molar-refractivity contribution in [2.24, 2.45) is 5.73 Å². The van der Waals surface area contributed by atoms with E-state index < -0.39 is 15.1 Å². The number of nitrogens with two attached hydrogens (primary N) is 1. The van der Waals surface area contributed by atoms with E-state index in [2.05, 4.69) is 18.8 Å². The van der Waals surface area contributed by atoms with Crippen molar-refractivity contribution in [3.8, 4) is 0 Å². The van der Waals surface area contributed by atoms with Crippen molar-refractivity contribution in [2.75, 3.05) is 6.54 Å². The Hall–Kier alpha value is -1.72. The van der Waals surface area contributed by atoms with Crippen molar-refractivity contribution in [1.29, 1.82) is 0 Å². The first-order chi connectivity index (χ1) is 9.96. The van der Waals surface area contributed by atoms with Crippen molar-refractivity contribution < 1.29 is 8.42 Å². The molecule has 0 radical (unpaired) electrons. The van der Waals surface area contributed by atoms with Crippen molar-refractivity contribution >= 4 is 9.84 Å². The largest absolute Gasteiger partial charge is 0.329 e. The molecule has 2 rings (SSSR count). The predicted molar refractivity (Wildman–Crippen MR) is 83.7 cm³/mol. The number of hydrogen-bond acceptors (Lipinski definition) is 4. The van der Waals surface area contributed by atoms with Crippen LogP contribution >= 0.6 is 0 Å². The second-order valence-electron chi connectivity index (χ2n) is 5.28. The Labute approximate surface area is 125 Å². The molecule has 0 bridgehead atoms. The average molecular weight is 304 g/mol. The topological polar surface area (TPSA) is 73.0 Å². The molecule has 0 fully saturated rings. The van der Waals surface area contributed by atoms with Crippen molar-refractivity contribution in [3.05, 3.63) is 59.9 Å². The molecule has 0 saturated carbocycles. The number of aromatic nitrogens is 1. The summed E-state index contributed by atoms with van der Waals surface area (Å²) < 4.78 is 25.5. The first-order valence-corrected chi connectivity index (χ1v) is 8.45. The van der Waals surface area contributed by atoms with Crippen LogP contribution in [-0.2, 0) is 9.84 Å². The minimum Gasteiger partial charge on any atom is -0.329 e. The first kappa shape index (κ1) is 15.7. The Morgan fingerprint density at radius 2 is 1.76 bits per heavy atom. The van der Waals surface area contributed by atoms with Crippen LogP contribution < -0.4 is 5.73 Å². The fourth-order valence-electron chi connectivity index (χ4n) is 2.22. The van der Waals surface area contributed by atoms with Gasteiger partial charge in [0.25, 0.3) is 0 Å². The average Bonchev–Trinajstić information content (AvgIpc) is 2.49. The number of pyridine rings is 1. The van der Waals surface area contributed by atoms with E-state index in [0.29, 0.717) is 16.4 Å². The third kappa shape index (κ3) is 3.31. The number of hydrogen-bond donors (Lipinski definition) is 1. The summed E-state index contributed by atoms with van der Waals surface area (Å²) >= 11 is 0. The highest BCUT2D eigenvalue weighted by atomic mass is 32.2. The Bertz CT molecular complexity index is 680. The molecule has 0 saturated heterocycles. The molecule has 1 atom stereocenters. The summed E-state index contributed by atoms with van der Waals surface area (Å²) in [5.41, 5.74) is 7.43. The van der Waals surface area contributed by atoms with E-state index in [1.54, 1.807) is 36.7 Å². The quantitative estimate of drug-likeness (QED) is 0.921. The molecule has 0 aliphatic heterocycles. The molecule has 112 valence electrons. The normalized spacial score (nSPS) is 13.3. The van der Waals surface area contributed by atoms with E-state index in [1.165, 1.54) is 0 Å². The Morgan fingerprint density at radius 3 is 2.24 bits per heavy atom. The van der Waals surface area contributed by atoms with Gasteiger partial charge in [0.1, 0.15) is 5.25 Å². The zero-order chi connectivity index (χ0) is 15.5. The third-order valence-corrected chi connectivity index (χ3v) is 5.66. The second kappa shape index (κ2) is 6.37. The lowest BCUT2D eigenvalue weighted by Gasteiger charge is -2.16. The fourth-order valence-corrected chi connectivity index (χ4v) is 3.81. The molecule has 1 unspecified atom stereocenters. The summed E-state index contributed by atoms with van der Waals surface area (Å²) in [4.78, 5) is 4.28. The number of benzene rings is 1. The molecular weight excluding hydrogens is 284 g/mol. The molecule has 1 aromatic heterocycles. The lowest BCUT2D eigenvalue weighted by Crippen LogP contribution is -2.22. The zero-order valence-corrected chi connectivity index (χ0v) is 13.0. The van der Waals surface area contributed by atoms with Crippen LogP contribution in [0.5, 0.6) is 0 Å². The molecule has 1 heterocycles. The van der Waals surface area contributed by atoms with E-state index >= 15 is 0 Å². The molecular formula is C16H20N2O2S. The Morgan fingerprint density at radius 1 is 1.10 bits per heavy atom. The van der Waals surface area contributed by atoms with Crippen LogP contribution in [0.15, 0.2) is 53.7 Å². The SMILES string of the molecule is CC(C)c1ccc(S(=O)(=O)C(CN)c2cccnc2)cc1. The number of sulfone groups is 1. The summed E-state index contributed by atoms with van der Waals surface area (Å²) in [6.07, 6.45) is 3.17. The minimum atomic E-state index is -3.51. The number of nitrogens with zero attached hydrogens (tertiary/aromatic N) is 1. The lowest BCUT2D eigenvalue weighted by atomic mass is 10.0. The summed E-state index contributed by atoms with van der Waals surface area (Å²) in [5, 5.41) is -0.768. The molecule has 4 nitrogen and oxygen atoms in total. The van der Waals surface area contributed by atoms with Gasteiger partial charge in [0, 0.05) is 18.9 Å². The molecule has 0 aliphatic carbocycles. The molecule has 0 aliphatic rings. The van der Waals surface area contributed by atoms with Crippen molar-refractivity contribution in [3.63, 3.8) is 0 Å². The number of rotatable bonds is 5. The monoisotopic (exact) mass is 304 g/mol. The summed E-state index contributed by atoms with van der Waals surface area (Å²) in [6, 6.07) is 10.5. The minimum absolute atomic E-state index is 0.0277. The highest BCUT2D eigenvalue weighted by Gasteiger charge is 2.28. The van der Waals surface area contributed by atoms with Gasteiger partial charge < -0.3 is 5.73 Å². The van der Waals surface area contributed by atoms with Gasteiger partial charge in [0.05, 0.1) is 4.90 Å². The van der Waals surface area contributed by atoms with Gasteiger partial charge in [-0.3, -0.25) is 4.98 Å². The van der Waals surface area contributed by atoms with Gasteiger partial charge in [-0.15, -0.1) is 0 Å². The van der Waals surface area contributed by atoms with E-state index in [0.717, 1.165) is 5.56 Å². The standard InChI is InChI=1S/C16H20N2O2S/c1-12(2)13-5-7-15(8-6-13)21(19,20)16(10-17)14-4-3-9-18-11-14/h3-9,11-12,16H,10,17H2,1-2H3. The van der Waals surface area contributed by atoms with Crippen LogP contribution in [0.3, 0.4) is 0 Å². The van der Waals surface area contributed by atoms with Gasteiger partial charge in [0.2, 0.25) is 0 Å². The van der Waals surface area contributed by atoms with E-state index in [4.69, 9.17) is 5.73 Å². The van der Waals surface area contributed by atoms with E-state index in [9.17, 15) is 8.42 Å². The zero-order valence-electron chi connectivity index (χ0n) is 12.2. The summed E-state index contributed by atoms with van der Waals surface area (Å²) in [5.74, 6) is 0.366. The predicted octanol–water partition coefficient (Wildman–Crippen LogP) is 2.68. The van der Waals surface area contributed by atoms with Crippen molar-refractivity contribution in [2.45, 2.75) is 29.9 Å². The van der Waals surface area contributed by atoms with Crippen molar-refractivity contribution in [1.82, 2.24) is 4.98 Å². The molecule has 2 aromatic rings. The van der Waals surface area contributed by atoms with Gasteiger partial charge in [-0.25, -0.2) is 8.42 Å². The van der Waals surface area contributed by atoms with Gasteiger partial charge in [-0.1, -0.05) is 32.0 Å². The molecule has 5 heteroatoms. The van der Waals surface area contributed by atoms with Crippen LogP contribution in [0.25, 0.3) is 0 Å². The van der Waals surface area contributed by atoms with E-state index in [1.807, 2.05) is 12.1 Å². The smallest absolute Gasteiger partial charge is 0.186 e. The second-order valence-corrected chi connectivity index (χ2v) is 7.41. The molecule has 1 aromatic carbocycles. The van der Waals surface area contributed by atoms with Crippen LogP contribution in [0.1, 0.15) is 36.1 Å². The third-order valence-electron chi connectivity index (χ3n) is 3.52. The van der Waals surface area contributed by atoms with Crippen LogP contribution in [0.2, 0.25) is 0 Å². The van der Waals surface area contributed by atoms with Gasteiger partial charge in [-0.2, -0.15) is 0 Å².